The summed E-state index contributed by atoms with van der Waals surface area (Å²) in [5, 5.41) is 6.99. The van der Waals surface area contributed by atoms with Gasteiger partial charge in [-0.1, -0.05) is 0 Å². The van der Waals surface area contributed by atoms with E-state index < -0.39 is 0 Å². The van der Waals surface area contributed by atoms with Crippen LogP contribution in [0.1, 0.15) is 39.0 Å². The first-order valence-electron chi connectivity index (χ1n) is 10.7. The molecule has 1 fully saturated rings. The lowest BCUT2D eigenvalue weighted by Crippen LogP contribution is -2.48. The van der Waals surface area contributed by atoms with Crippen molar-refractivity contribution in [2.75, 3.05) is 59.0 Å². The van der Waals surface area contributed by atoms with Gasteiger partial charge in [-0.2, -0.15) is 0 Å². The minimum atomic E-state index is 0.435. The maximum Gasteiger partial charge on any atom is 0.191 e. The van der Waals surface area contributed by atoms with Crippen LogP contribution in [0.4, 0.5) is 5.69 Å². The van der Waals surface area contributed by atoms with Crippen molar-refractivity contribution in [3.63, 3.8) is 0 Å². The number of guanidine groups is 1. The zero-order chi connectivity index (χ0) is 20.9. The molecule has 0 saturated carbocycles. The number of methoxy groups -OCH3 is 3. The number of aliphatic imine (C=N–C) groups is 1. The third-order valence-corrected chi connectivity index (χ3v) is 5.16. The number of rotatable bonds is 11. The average molecular weight is 407 g/mol. The number of unbranched alkanes of at least 4 members (excludes halogenated alkanes) is 2. The van der Waals surface area contributed by atoms with Crippen LogP contribution in [0.2, 0.25) is 0 Å². The topological polar surface area (TPSA) is 67.4 Å². The molecule has 0 spiro atoms. The summed E-state index contributed by atoms with van der Waals surface area (Å²) >= 11 is 0. The third-order valence-electron chi connectivity index (χ3n) is 5.16. The molecule has 0 unspecified atom stereocenters. The van der Waals surface area contributed by atoms with Gasteiger partial charge in [-0.25, -0.2) is 0 Å². The highest BCUT2D eigenvalue weighted by atomic mass is 16.5. The van der Waals surface area contributed by atoms with E-state index in [0.29, 0.717) is 6.04 Å². The number of anilines is 1. The van der Waals surface area contributed by atoms with Crippen LogP contribution in [0.3, 0.4) is 0 Å². The van der Waals surface area contributed by atoms with E-state index in [9.17, 15) is 0 Å². The first kappa shape index (κ1) is 23.1. The smallest absolute Gasteiger partial charge is 0.191 e. The molecule has 0 aliphatic carbocycles. The van der Waals surface area contributed by atoms with E-state index in [2.05, 4.69) is 34.6 Å². The molecule has 7 nitrogen and oxygen atoms in total. The van der Waals surface area contributed by atoms with Crippen LogP contribution in [-0.2, 0) is 4.74 Å². The molecule has 1 heterocycles. The standard InChI is InChI=1S/C22H38N4O3/c1-5-23-22(24-11-7-6-8-14-27-2)25-18-9-12-26(13-10-18)19-15-20(28-3)17-21(16-19)29-4/h15-18H,5-14H2,1-4H3,(H2,23,24,25). The van der Waals surface area contributed by atoms with Crippen LogP contribution in [0.15, 0.2) is 23.2 Å². The second-order valence-electron chi connectivity index (χ2n) is 7.29. The van der Waals surface area contributed by atoms with Crippen molar-refractivity contribution < 1.29 is 14.2 Å². The molecule has 1 aromatic carbocycles. The van der Waals surface area contributed by atoms with E-state index in [4.69, 9.17) is 19.2 Å². The maximum atomic E-state index is 5.41. The number of ether oxygens (including phenoxy) is 3. The minimum absolute atomic E-state index is 0.435. The van der Waals surface area contributed by atoms with Crippen molar-refractivity contribution in [1.82, 2.24) is 10.6 Å². The van der Waals surface area contributed by atoms with Gasteiger partial charge in [0.25, 0.3) is 0 Å². The Hall–Kier alpha value is -2.15. The third kappa shape index (κ3) is 8.01. The van der Waals surface area contributed by atoms with Gasteiger partial charge < -0.3 is 29.7 Å². The molecular formula is C22H38N4O3. The van der Waals surface area contributed by atoms with E-state index in [1.54, 1.807) is 21.3 Å². The number of benzene rings is 1. The highest BCUT2D eigenvalue weighted by molar-refractivity contribution is 5.80. The number of piperidine rings is 1. The van der Waals surface area contributed by atoms with Crippen LogP contribution in [-0.4, -0.2) is 66.1 Å². The predicted molar refractivity (Wildman–Crippen MR) is 120 cm³/mol. The van der Waals surface area contributed by atoms with Crippen LogP contribution in [0, 0.1) is 0 Å². The Labute approximate surface area is 175 Å². The Morgan fingerprint density at radius 3 is 2.31 bits per heavy atom. The summed E-state index contributed by atoms with van der Waals surface area (Å²) in [7, 11) is 5.13. The second kappa shape index (κ2) is 13.1. The van der Waals surface area contributed by atoms with E-state index in [1.165, 1.54) is 0 Å². The number of hydrogen-bond donors (Lipinski definition) is 2. The number of nitrogens with one attached hydrogen (secondary N) is 2. The Bertz CT molecular complexity index is 594. The van der Waals surface area contributed by atoms with Gasteiger partial charge in [0.2, 0.25) is 0 Å². The van der Waals surface area contributed by atoms with Gasteiger partial charge in [0, 0.05) is 69.8 Å². The average Bonchev–Trinajstić information content (AvgIpc) is 2.76. The van der Waals surface area contributed by atoms with Gasteiger partial charge >= 0.3 is 0 Å². The summed E-state index contributed by atoms with van der Waals surface area (Å²) in [4.78, 5) is 7.13. The lowest BCUT2D eigenvalue weighted by molar-refractivity contribution is 0.192. The molecule has 1 aromatic rings. The van der Waals surface area contributed by atoms with E-state index in [1.807, 2.05) is 6.07 Å². The lowest BCUT2D eigenvalue weighted by atomic mass is 10.0. The lowest BCUT2D eigenvalue weighted by Gasteiger charge is -2.34. The fourth-order valence-electron chi connectivity index (χ4n) is 3.50. The van der Waals surface area contributed by atoms with Crippen molar-refractivity contribution in [1.29, 1.82) is 0 Å². The van der Waals surface area contributed by atoms with Crippen LogP contribution in [0.25, 0.3) is 0 Å². The molecule has 0 radical (unpaired) electrons. The zero-order valence-corrected chi connectivity index (χ0v) is 18.5. The summed E-state index contributed by atoms with van der Waals surface area (Å²) in [6.45, 7) is 6.64. The molecule has 7 heteroatoms. The highest BCUT2D eigenvalue weighted by Crippen LogP contribution is 2.30. The molecule has 164 valence electrons. The van der Waals surface area contributed by atoms with Gasteiger partial charge in [-0.3, -0.25) is 4.99 Å². The van der Waals surface area contributed by atoms with Crippen molar-refractivity contribution in [2.24, 2.45) is 4.99 Å². The predicted octanol–water partition coefficient (Wildman–Crippen LogP) is 3.04. The molecule has 0 bridgehead atoms. The molecule has 0 aromatic heterocycles. The summed E-state index contributed by atoms with van der Waals surface area (Å²) in [5.74, 6) is 2.58. The summed E-state index contributed by atoms with van der Waals surface area (Å²) in [5.41, 5.74) is 1.15. The second-order valence-corrected chi connectivity index (χ2v) is 7.29. The van der Waals surface area contributed by atoms with Gasteiger partial charge in [0.05, 0.1) is 14.2 Å². The summed E-state index contributed by atoms with van der Waals surface area (Å²) in [6.07, 6.45) is 5.48. The molecule has 2 N–H and O–H groups in total. The van der Waals surface area contributed by atoms with Crippen molar-refractivity contribution in [3.05, 3.63) is 18.2 Å². The SMILES string of the molecule is CCNC(=NCCCCCOC)NC1CCN(c2cc(OC)cc(OC)c2)CC1. The van der Waals surface area contributed by atoms with E-state index in [-0.39, 0.29) is 0 Å². The molecule has 0 atom stereocenters. The molecule has 1 aliphatic heterocycles. The molecule has 1 saturated heterocycles. The van der Waals surface area contributed by atoms with Crippen LogP contribution in [0.5, 0.6) is 11.5 Å². The molecule has 1 aliphatic rings. The number of hydrogen-bond acceptors (Lipinski definition) is 5. The Morgan fingerprint density at radius 1 is 1.03 bits per heavy atom. The quantitative estimate of drug-likeness (QED) is 0.334. The zero-order valence-electron chi connectivity index (χ0n) is 18.5. The number of nitrogens with zero attached hydrogens (tertiary/aromatic N) is 2. The van der Waals surface area contributed by atoms with Gasteiger partial charge in [-0.15, -0.1) is 0 Å². The largest absolute Gasteiger partial charge is 0.497 e. The fraction of sp³-hybridized carbons (Fsp3) is 0.682. The van der Waals surface area contributed by atoms with Gasteiger partial charge in [-0.05, 0) is 39.0 Å². The Morgan fingerprint density at radius 2 is 1.72 bits per heavy atom. The molecular weight excluding hydrogens is 368 g/mol. The van der Waals surface area contributed by atoms with E-state index in [0.717, 1.165) is 88.0 Å². The maximum absolute atomic E-state index is 5.41. The molecule has 29 heavy (non-hydrogen) atoms. The Balaban J connectivity index is 1.84. The first-order chi connectivity index (χ1) is 14.2. The van der Waals surface area contributed by atoms with Crippen LogP contribution < -0.4 is 25.0 Å². The van der Waals surface area contributed by atoms with Gasteiger partial charge in [0.15, 0.2) is 5.96 Å². The molecule has 2 rings (SSSR count). The highest BCUT2D eigenvalue weighted by Gasteiger charge is 2.21. The first-order valence-corrected chi connectivity index (χ1v) is 10.7. The minimum Gasteiger partial charge on any atom is -0.497 e. The fourth-order valence-corrected chi connectivity index (χ4v) is 3.50. The summed E-state index contributed by atoms with van der Waals surface area (Å²) in [6, 6.07) is 6.49. The van der Waals surface area contributed by atoms with Crippen molar-refractivity contribution in [2.45, 2.75) is 45.1 Å². The Kier molecular flexibility index (Phi) is 10.5. The van der Waals surface area contributed by atoms with E-state index >= 15 is 0 Å². The van der Waals surface area contributed by atoms with Crippen molar-refractivity contribution in [3.8, 4) is 11.5 Å². The van der Waals surface area contributed by atoms with Crippen molar-refractivity contribution >= 4 is 11.6 Å². The summed E-state index contributed by atoms with van der Waals surface area (Å²) < 4.78 is 15.9. The molecule has 0 amide bonds. The van der Waals surface area contributed by atoms with Gasteiger partial charge in [0.1, 0.15) is 11.5 Å². The normalized spacial score (nSPS) is 15.3. The van der Waals surface area contributed by atoms with Crippen LogP contribution >= 0.6 is 0 Å². The monoisotopic (exact) mass is 406 g/mol.